The minimum absolute atomic E-state index is 0.335. The third-order valence-electron chi connectivity index (χ3n) is 1.97. The first kappa shape index (κ1) is 9.73. The number of nitrogens with one attached hydrogen (secondary N) is 1. The molecule has 0 bridgehead atoms. The van der Waals surface area contributed by atoms with Gasteiger partial charge in [0.25, 0.3) is 0 Å². The number of nitrogens with zero attached hydrogens (tertiary/aromatic N) is 1. The van der Waals surface area contributed by atoms with Crippen molar-refractivity contribution >= 4 is 34.2 Å². The van der Waals surface area contributed by atoms with Gasteiger partial charge in [0.2, 0.25) is 0 Å². The van der Waals surface area contributed by atoms with E-state index in [2.05, 4.69) is 10.3 Å². The molecule has 0 fully saturated rings. The van der Waals surface area contributed by atoms with Gasteiger partial charge in [0.1, 0.15) is 5.15 Å². The van der Waals surface area contributed by atoms with E-state index in [1.807, 2.05) is 6.07 Å². The number of halogens is 1. The summed E-state index contributed by atoms with van der Waals surface area (Å²) in [6.45, 7) is 0. The molecule has 0 aliphatic heterocycles. The van der Waals surface area contributed by atoms with Gasteiger partial charge in [0.15, 0.2) is 0 Å². The van der Waals surface area contributed by atoms with Crippen molar-refractivity contribution in [2.75, 3.05) is 5.32 Å². The van der Waals surface area contributed by atoms with Gasteiger partial charge in [-0.15, -0.1) is 0 Å². The van der Waals surface area contributed by atoms with Crippen molar-refractivity contribution in [2.24, 2.45) is 0 Å². The first-order valence-corrected chi connectivity index (χ1v) is 4.59. The number of aromatic nitrogens is 1. The molecule has 1 heterocycles. The molecule has 5 heteroatoms. The molecule has 0 saturated heterocycles. The molecule has 1 aromatic heterocycles. The topological polar surface area (TPSA) is 62.2 Å². The molecule has 0 spiro atoms. The van der Waals surface area contributed by atoms with Gasteiger partial charge < -0.3 is 5.11 Å². The van der Waals surface area contributed by atoms with Crippen molar-refractivity contribution in [3.8, 4) is 0 Å². The van der Waals surface area contributed by atoms with Crippen molar-refractivity contribution in [1.82, 2.24) is 4.98 Å². The van der Waals surface area contributed by atoms with E-state index in [-0.39, 0.29) is 0 Å². The number of rotatable bonds is 1. The summed E-state index contributed by atoms with van der Waals surface area (Å²) in [6.07, 6.45) is 0.500. The summed E-state index contributed by atoms with van der Waals surface area (Å²) in [6, 6.07) is 6.89. The second-order valence-corrected chi connectivity index (χ2v) is 3.35. The van der Waals surface area contributed by atoms with E-state index in [9.17, 15) is 4.79 Å². The molecule has 0 unspecified atom stereocenters. The molecule has 0 aliphatic carbocycles. The predicted molar refractivity (Wildman–Crippen MR) is 58.4 cm³/mol. The fraction of sp³-hybridized carbons (Fsp3) is 0. The average Bonchev–Trinajstić information content (AvgIpc) is 2.18. The minimum Gasteiger partial charge on any atom is -0.465 e. The highest BCUT2D eigenvalue weighted by atomic mass is 35.5. The Kier molecular flexibility index (Phi) is 2.43. The fourth-order valence-corrected chi connectivity index (χ4v) is 1.53. The molecule has 0 atom stereocenters. The zero-order valence-corrected chi connectivity index (χ0v) is 8.32. The van der Waals surface area contributed by atoms with E-state index in [0.29, 0.717) is 10.8 Å². The number of carbonyl (C=O) groups is 1. The van der Waals surface area contributed by atoms with Crippen LogP contribution in [0.5, 0.6) is 0 Å². The summed E-state index contributed by atoms with van der Waals surface area (Å²) >= 11 is 5.74. The number of anilines is 1. The Hall–Kier alpha value is -1.81. The quantitative estimate of drug-likeness (QED) is 0.729. The summed E-state index contributed by atoms with van der Waals surface area (Å²) in [7, 11) is 0. The van der Waals surface area contributed by atoms with Crippen molar-refractivity contribution in [2.45, 2.75) is 0 Å². The lowest BCUT2D eigenvalue weighted by molar-refractivity contribution is 0.210. The van der Waals surface area contributed by atoms with Gasteiger partial charge in [-0.2, -0.15) is 0 Å². The van der Waals surface area contributed by atoms with Crippen LogP contribution in [0.25, 0.3) is 10.8 Å². The fourth-order valence-electron chi connectivity index (χ4n) is 1.37. The van der Waals surface area contributed by atoms with E-state index in [0.717, 1.165) is 10.8 Å². The Morgan fingerprint density at radius 2 is 2.27 bits per heavy atom. The highest BCUT2D eigenvalue weighted by Gasteiger charge is 2.04. The molecule has 1 aromatic carbocycles. The van der Waals surface area contributed by atoms with E-state index >= 15 is 0 Å². The van der Waals surface area contributed by atoms with Gasteiger partial charge in [-0.1, -0.05) is 23.7 Å². The molecule has 0 aliphatic rings. The van der Waals surface area contributed by atoms with Crippen LogP contribution in [-0.4, -0.2) is 16.2 Å². The average molecular weight is 223 g/mol. The van der Waals surface area contributed by atoms with Crippen molar-refractivity contribution < 1.29 is 9.90 Å². The van der Waals surface area contributed by atoms with Crippen LogP contribution >= 0.6 is 11.6 Å². The van der Waals surface area contributed by atoms with Crippen molar-refractivity contribution in [3.63, 3.8) is 0 Å². The van der Waals surface area contributed by atoms with E-state index in [4.69, 9.17) is 16.7 Å². The number of hydrogen-bond donors (Lipinski definition) is 2. The molecule has 0 radical (unpaired) electrons. The second kappa shape index (κ2) is 3.74. The molecular weight excluding hydrogens is 216 g/mol. The molecular formula is C10H7ClN2O2. The summed E-state index contributed by atoms with van der Waals surface area (Å²) < 4.78 is 0. The molecule has 76 valence electrons. The first-order valence-electron chi connectivity index (χ1n) is 4.21. The Balaban J connectivity index is 2.63. The Labute approximate surface area is 90.5 Å². The lowest BCUT2D eigenvalue weighted by atomic mass is 10.1. The molecule has 15 heavy (non-hydrogen) atoms. The second-order valence-electron chi connectivity index (χ2n) is 2.96. The molecule has 2 N–H and O–H groups in total. The van der Waals surface area contributed by atoms with Crippen LogP contribution < -0.4 is 5.32 Å². The number of hydrogen-bond acceptors (Lipinski definition) is 2. The third kappa shape index (κ3) is 1.99. The van der Waals surface area contributed by atoms with Gasteiger partial charge in [0.05, 0.1) is 5.69 Å². The maximum absolute atomic E-state index is 10.5. The SMILES string of the molecule is O=C(O)Nc1cccc2cnc(Cl)cc12. The zero-order valence-electron chi connectivity index (χ0n) is 7.57. The number of carboxylic acid groups (broad SMARTS) is 1. The maximum atomic E-state index is 10.5. The Bertz CT molecular complexity index is 528. The van der Waals surface area contributed by atoms with Crippen LogP contribution in [0.15, 0.2) is 30.5 Å². The normalized spacial score (nSPS) is 10.2. The van der Waals surface area contributed by atoms with Crippen LogP contribution in [0.2, 0.25) is 5.15 Å². The Morgan fingerprint density at radius 3 is 3.00 bits per heavy atom. The van der Waals surface area contributed by atoms with Crippen LogP contribution in [0.4, 0.5) is 10.5 Å². The number of benzene rings is 1. The summed E-state index contributed by atoms with van der Waals surface area (Å²) in [5, 5.41) is 12.9. The highest BCUT2D eigenvalue weighted by Crippen LogP contribution is 2.24. The largest absolute Gasteiger partial charge is 0.465 e. The van der Waals surface area contributed by atoms with Crippen molar-refractivity contribution in [3.05, 3.63) is 35.6 Å². The molecule has 0 saturated carbocycles. The van der Waals surface area contributed by atoms with Gasteiger partial charge in [-0.3, -0.25) is 5.32 Å². The highest BCUT2D eigenvalue weighted by molar-refractivity contribution is 6.30. The van der Waals surface area contributed by atoms with Crippen LogP contribution in [-0.2, 0) is 0 Å². The zero-order chi connectivity index (χ0) is 10.8. The maximum Gasteiger partial charge on any atom is 0.409 e. The molecule has 1 amide bonds. The van der Waals surface area contributed by atoms with Gasteiger partial charge in [-0.25, -0.2) is 9.78 Å². The van der Waals surface area contributed by atoms with Crippen molar-refractivity contribution in [1.29, 1.82) is 0 Å². The number of fused-ring (bicyclic) bond motifs is 1. The monoisotopic (exact) mass is 222 g/mol. The lowest BCUT2D eigenvalue weighted by Gasteiger charge is -2.05. The van der Waals surface area contributed by atoms with Gasteiger partial charge >= 0.3 is 6.09 Å². The van der Waals surface area contributed by atoms with Crippen LogP contribution in [0.1, 0.15) is 0 Å². The predicted octanol–water partition coefficient (Wildman–Crippen LogP) is 2.98. The Morgan fingerprint density at radius 1 is 1.47 bits per heavy atom. The van der Waals surface area contributed by atoms with Crippen LogP contribution in [0, 0.1) is 0 Å². The summed E-state index contributed by atoms with van der Waals surface area (Å²) in [5.41, 5.74) is 0.504. The molecule has 2 aromatic rings. The summed E-state index contributed by atoms with van der Waals surface area (Å²) in [5.74, 6) is 0. The molecule has 4 nitrogen and oxygen atoms in total. The van der Waals surface area contributed by atoms with E-state index in [1.54, 1.807) is 24.4 Å². The summed E-state index contributed by atoms with van der Waals surface area (Å²) in [4.78, 5) is 14.5. The third-order valence-corrected chi connectivity index (χ3v) is 2.18. The van der Waals surface area contributed by atoms with Crippen LogP contribution in [0.3, 0.4) is 0 Å². The van der Waals surface area contributed by atoms with Gasteiger partial charge in [0, 0.05) is 17.0 Å². The number of pyridine rings is 1. The van der Waals surface area contributed by atoms with E-state index < -0.39 is 6.09 Å². The van der Waals surface area contributed by atoms with Gasteiger partial charge in [-0.05, 0) is 12.1 Å². The standard InChI is InChI=1S/C10H7ClN2O2/c11-9-4-7-6(5-12-9)2-1-3-8(7)13-10(14)15/h1-5,13H,(H,14,15). The van der Waals surface area contributed by atoms with E-state index in [1.165, 1.54) is 0 Å². The smallest absolute Gasteiger partial charge is 0.409 e. The first-order chi connectivity index (χ1) is 7.16. The number of amides is 1. The minimum atomic E-state index is -1.10. The lowest BCUT2D eigenvalue weighted by Crippen LogP contribution is -2.07. The molecule has 2 rings (SSSR count).